The zero-order valence-electron chi connectivity index (χ0n) is 9.75. The molecule has 1 aromatic heterocycles. The molecule has 0 saturated heterocycles. The molecule has 1 fully saturated rings. The molecule has 0 spiro atoms. The fourth-order valence-electron chi connectivity index (χ4n) is 2.21. The molecular formula is C13H21NS. The molecule has 1 saturated carbocycles. The molecule has 1 heterocycles. The van der Waals surface area contributed by atoms with E-state index in [1.165, 1.54) is 37.8 Å². The highest BCUT2D eigenvalue weighted by molar-refractivity contribution is 7.07. The molecule has 0 bridgehead atoms. The molecule has 0 aromatic carbocycles. The van der Waals surface area contributed by atoms with Crippen LogP contribution in [0.1, 0.15) is 38.7 Å². The minimum Gasteiger partial charge on any atom is -0.313 e. The Morgan fingerprint density at radius 1 is 1.53 bits per heavy atom. The summed E-state index contributed by atoms with van der Waals surface area (Å²) in [5.41, 5.74) is 2.07. The number of nitrogens with one attached hydrogen (secondary N) is 1. The van der Waals surface area contributed by atoms with Gasteiger partial charge in [-0.2, -0.15) is 11.3 Å². The summed E-state index contributed by atoms with van der Waals surface area (Å²) in [5.74, 6) is 0. The van der Waals surface area contributed by atoms with E-state index in [1.54, 1.807) is 11.3 Å². The van der Waals surface area contributed by atoms with Gasteiger partial charge in [0.2, 0.25) is 0 Å². The predicted molar refractivity (Wildman–Crippen MR) is 67.4 cm³/mol. The number of rotatable bonds is 5. The maximum absolute atomic E-state index is 3.67. The van der Waals surface area contributed by atoms with Crippen LogP contribution in [0.4, 0.5) is 0 Å². The van der Waals surface area contributed by atoms with E-state index in [-0.39, 0.29) is 0 Å². The lowest BCUT2D eigenvalue weighted by atomic mass is 9.70. The maximum atomic E-state index is 3.67. The molecule has 1 aliphatic rings. The smallest absolute Gasteiger partial charge is 0.00796 e. The number of thiophene rings is 1. The zero-order chi connectivity index (χ0) is 10.7. The second-order valence-corrected chi connectivity index (χ2v) is 6.06. The van der Waals surface area contributed by atoms with Crippen molar-refractivity contribution in [1.82, 2.24) is 5.32 Å². The zero-order valence-corrected chi connectivity index (χ0v) is 10.6. The van der Waals surface area contributed by atoms with Crippen molar-refractivity contribution in [2.75, 3.05) is 6.54 Å². The Bertz CT molecular complexity index is 287. The minimum absolute atomic E-state index is 0.600. The summed E-state index contributed by atoms with van der Waals surface area (Å²) in [4.78, 5) is 0. The van der Waals surface area contributed by atoms with E-state index in [1.807, 2.05) is 0 Å². The first-order valence-electron chi connectivity index (χ1n) is 5.92. The third-order valence-corrected chi connectivity index (χ3v) is 4.29. The van der Waals surface area contributed by atoms with Crippen molar-refractivity contribution in [2.45, 2.75) is 45.6 Å². The summed E-state index contributed by atoms with van der Waals surface area (Å²) in [5, 5.41) is 8.08. The first kappa shape index (κ1) is 11.2. The Kier molecular flexibility index (Phi) is 3.47. The van der Waals surface area contributed by atoms with Gasteiger partial charge in [0.1, 0.15) is 0 Å². The van der Waals surface area contributed by atoms with Gasteiger partial charge in [-0.15, -0.1) is 0 Å². The van der Waals surface area contributed by atoms with Crippen LogP contribution in [0.25, 0.3) is 0 Å². The highest BCUT2D eigenvalue weighted by Gasteiger charge is 2.31. The van der Waals surface area contributed by atoms with Crippen molar-refractivity contribution in [2.24, 2.45) is 5.41 Å². The molecule has 1 nitrogen and oxygen atoms in total. The quantitative estimate of drug-likeness (QED) is 0.806. The van der Waals surface area contributed by atoms with Gasteiger partial charge in [0.05, 0.1) is 0 Å². The summed E-state index contributed by atoms with van der Waals surface area (Å²) in [6.07, 6.45) is 5.41. The van der Waals surface area contributed by atoms with Crippen LogP contribution in [0.15, 0.2) is 16.8 Å². The molecule has 1 atom stereocenters. The van der Waals surface area contributed by atoms with Crippen LogP contribution in [0.5, 0.6) is 0 Å². The average Bonchev–Trinajstić information content (AvgIpc) is 2.64. The largest absolute Gasteiger partial charge is 0.313 e. The number of hydrogen-bond acceptors (Lipinski definition) is 2. The lowest BCUT2D eigenvalue weighted by Gasteiger charge is -2.39. The van der Waals surface area contributed by atoms with Crippen LogP contribution in [-0.4, -0.2) is 12.6 Å². The predicted octanol–water partition coefficient (Wildman–Crippen LogP) is 3.46. The van der Waals surface area contributed by atoms with Gasteiger partial charge < -0.3 is 5.32 Å². The van der Waals surface area contributed by atoms with Gasteiger partial charge >= 0.3 is 0 Å². The summed E-state index contributed by atoms with van der Waals surface area (Å²) in [6, 6.07) is 2.84. The van der Waals surface area contributed by atoms with Gasteiger partial charge in [0, 0.05) is 12.6 Å². The van der Waals surface area contributed by atoms with Crippen LogP contribution in [0.2, 0.25) is 0 Å². The molecule has 0 amide bonds. The topological polar surface area (TPSA) is 12.0 Å². The molecular weight excluding hydrogens is 202 g/mol. The van der Waals surface area contributed by atoms with Crippen LogP contribution >= 0.6 is 11.3 Å². The van der Waals surface area contributed by atoms with Gasteiger partial charge in [-0.3, -0.25) is 0 Å². The van der Waals surface area contributed by atoms with E-state index in [0.29, 0.717) is 11.5 Å². The Hall–Kier alpha value is -0.340. The van der Waals surface area contributed by atoms with Gasteiger partial charge in [0.25, 0.3) is 0 Å². The summed E-state index contributed by atoms with van der Waals surface area (Å²) in [7, 11) is 0. The highest BCUT2D eigenvalue weighted by Crippen LogP contribution is 2.39. The summed E-state index contributed by atoms with van der Waals surface area (Å²) in [6.45, 7) is 5.89. The van der Waals surface area contributed by atoms with E-state index in [2.05, 4.69) is 36.0 Å². The van der Waals surface area contributed by atoms with E-state index >= 15 is 0 Å². The lowest BCUT2D eigenvalue weighted by Crippen LogP contribution is -2.41. The minimum atomic E-state index is 0.600. The summed E-state index contributed by atoms with van der Waals surface area (Å²) >= 11 is 1.79. The first-order chi connectivity index (χ1) is 7.18. The van der Waals surface area contributed by atoms with Crippen LogP contribution in [0.3, 0.4) is 0 Å². The maximum Gasteiger partial charge on any atom is 0.00796 e. The van der Waals surface area contributed by atoms with Crippen molar-refractivity contribution in [1.29, 1.82) is 0 Å². The van der Waals surface area contributed by atoms with Crippen molar-refractivity contribution >= 4 is 11.3 Å². The lowest BCUT2D eigenvalue weighted by molar-refractivity contribution is 0.152. The molecule has 0 aliphatic heterocycles. The van der Waals surface area contributed by atoms with Crippen molar-refractivity contribution in [3.8, 4) is 0 Å². The molecule has 1 aliphatic carbocycles. The van der Waals surface area contributed by atoms with E-state index in [0.717, 1.165) is 0 Å². The van der Waals surface area contributed by atoms with Crippen molar-refractivity contribution in [3.05, 3.63) is 22.4 Å². The third-order valence-electron chi connectivity index (χ3n) is 3.56. The van der Waals surface area contributed by atoms with Crippen molar-refractivity contribution < 1.29 is 0 Å². The highest BCUT2D eigenvalue weighted by atomic mass is 32.1. The van der Waals surface area contributed by atoms with Gasteiger partial charge in [0.15, 0.2) is 0 Å². The molecule has 1 N–H and O–H groups in total. The first-order valence-corrected chi connectivity index (χ1v) is 6.87. The van der Waals surface area contributed by atoms with E-state index in [4.69, 9.17) is 0 Å². The standard InChI is InChI=1S/C13H21NS/c1-11(8-12-4-7-15-9-12)14-10-13(2)5-3-6-13/h4,7,9,11,14H,3,5-6,8,10H2,1-2H3. The second-order valence-electron chi connectivity index (χ2n) is 5.28. The Labute approximate surface area is 96.9 Å². The number of hydrogen-bond donors (Lipinski definition) is 1. The Balaban J connectivity index is 1.70. The van der Waals surface area contributed by atoms with Crippen LogP contribution in [0, 0.1) is 5.41 Å². The molecule has 2 rings (SSSR count). The average molecular weight is 223 g/mol. The monoisotopic (exact) mass is 223 g/mol. The molecule has 0 radical (unpaired) electrons. The van der Waals surface area contributed by atoms with Gasteiger partial charge in [-0.1, -0.05) is 13.3 Å². The SMILES string of the molecule is CC(Cc1ccsc1)NCC1(C)CCC1. The fraction of sp³-hybridized carbons (Fsp3) is 0.692. The summed E-state index contributed by atoms with van der Waals surface area (Å²) < 4.78 is 0. The van der Waals surface area contributed by atoms with E-state index in [9.17, 15) is 0 Å². The molecule has 84 valence electrons. The van der Waals surface area contributed by atoms with Crippen LogP contribution < -0.4 is 5.32 Å². The Morgan fingerprint density at radius 3 is 2.87 bits per heavy atom. The van der Waals surface area contributed by atoms with Gasteiger partial charge in [-0.25, -0.2) is 0 Å². The van der Waals surface area contributed by atoms with Crippen molar-refractivity contribution in [3.63, 3.8) is 0 Å². The molecule has 15 heavy (non-hydrogen) atoms. The van der Waals surface area contributed by atoms with Crippen LogP contribution in [-0.2, 0) is 6.42 Å². The Morgan fingerprint density at radius 2 is 2.33 bits per heavy atom. The third kappa shape index (κ3) is 3.05. The fourth-order valence-corrected chi connectivity index (χ4v) is 2.89. The van der Waals surface area contributed by atoms with Gasteiger partial charge in [-0.05, 0) is 54.0 Å². The molecule has 1 aromatic rings. The molecule has 2 heteroatoms. The normalized spacial score (nSPS) is 20.9. The molecule has 1 unspecified atom stereocenters. The van der Waals surface area contributed by atoms with E-state index < -0.39 is 0 Å². The second kappa shape index (κ2) is 4.67.